The zero-order valence-corrected chi connectivity index (χ0v) is 12.8. The van der Waals surface area contributed by atoms with Crippen LogP contribution in [0.1, 0.15) is 38.2 Å². The number of benzene rings is 1. The molecule has 0 aromatic heterocycles. The summed E-state index contributed by atoms with van der Waals surface area (Å²) in [5.74, 6) is 0.510. The fourth-order valence-corrected chi connectivity index (χ4v) is 3.63. The van der Waals surface area contributed by atoms with Gasteiger partial charge in [0.25, 0.3) is 0 Å². The molecule has 0 aliphatic carbocycles. The van der Waals surface area contributed by atoms with Crippen LogP contribution in [0.5, 0.6) is 0 Å². The van der Waals surface area contributed by atoms with Crippen LogP contribution in [0.4, 0.5) is 0 Å². The van der Waals surface area contributed by atoms with Crippen LogP contribution in [-0.4, -0.2) is 34.8 Å². The Morgan fingerprint density at radius 2 is 2.00 bits per heavy atom. The van der Waals surface area contributed by atoms with Gasteiger partial charge in [-0.3, -0.25) is 0 Å². The fraction of sp³-hybridized carbons (Fsp3) is 0.600. The molecule has 1 aliphatic heterocycles. The zero-order valence-electron chi connectivity index (χ0n) is 12.0. The molecule has 106 valence electrons. The average Bonchev–Trinajstić information content (AvgIpc) is 2.46. The predicted octanol–water partition coefficient (Wildman–Crippen LogP) is 2.94. The van der Waals surface area contributed by atoms with Gasteiger partial charge in [0.15, 0.2) is 0 Å². The van der Waals surface area contributed by atoms with Crippen LogP contribution in [0.15, 0.2) is 29.2 Å². The van der Waals surface area contributed by atoms with Crippen molar-refractivity contribution >= 4 is 11.0 Å². The second-order valence-corrected chi connectivity index (χ2v) is 6.85. The Morgan fingerprint density at radius 3 is 2.58 bits per heavy atom. The van der Waals surface area contributed by atoms with E-state index in [-0.39, 0.29) is 6.10 Å². The number of piperidine rings is 1. The van der Waals surface area contributed by atoms with Gasteiger partial charge in [0.2, 0.25) is 0 Å². The van der Waals surface area contributed by atoms with E-state index in [1.807, 2.05) is 16.4 Å². The number of ether oxygens (including phenoxy) is 1. The molecule has 0 amide bonds. The minimum atomic E-state index is -1.06. The molecule has 1 saturated heterocycles. The summed E-state index contributed by atoms with van der Waals surface area (Å²) in [4.78, 5) is 0.890. The summed E-state index contributed by atoms with van der Waals surface area (Å²) >= 11 is 0. The van der Waals surface area contributed by atoms with Crippen molar-refractivity contribution in [2.75, 3.05) is 20.2 Å². The number of nitrogens with zero attached hydrogens (tertiary/aromatic N) is 1. The molecule has 0 saturated carbocycles. The zero-order chi connectivity index (χ0) is 13.8. The van der Waals surface area contributed by atoms with Crippen molar-refractivity contribution < 1.29 is 8.95 Å². The molecular formula is C15H23NO2S. The highest BCUT2D eigenvalue weighted by Gasteiger charge is 2.24. The second-order valence-electron chi connectivity index (χ2n) is 5.36. The molecule has 0 radical (unpaired) electrons. The molecule has 0 N–H and O–H groups in total. The average molecular weight is 281 g/mol. The minimum Gasteiger partial charge on any atom is -0.380 e. The van der Waals surface area contributed by atoms with Gasteiger partial charge in [0, 0.05) is 20.2 Å². The van der Waals surface area contributed by atoms with E-state index in [4.69, 9.17) is 4.74 Å². The Bertz CT molecular complexity index is 430. The van der Waals surface area contributed by atoms with Crippen LogP contribution in [0, 0.1) is 0 Å². The molecule has 4 heteroatoms. The first kappa shape index (κ1) is 14.7. The van der Waals surface area contributed by atoms with Crippen LogP contribution in [-0.2, 0) is 15.7 Å². The van der Waals surface area contributed by atoms with E-state index in [2.05, 4.69) is 26.0 Å². The van der Waals surface area contributed by atoms with Gasteiger partial charge in [-0.05, 0) is 36.5 Å². The van der Waals surface area contributed by atoms with E-state index >= 15 is 0 Å². The van der Waals surface area contributed by atoms with Gasteiger partial charge in [-0.15, -0.1) is 0 Å². The Balaban J connectivity index is 2.06. The Morgan fingerprint density at radius 1 is 1.32 bits per heavy atom. The first-order valence-electron chi connectivity index (χ1n) is 6.91. The van der Waals surface area contributed by atoms with Gasteiger partial charge < -0.3 is 4.74 Å². The molecule has 2 unspecified atom stereocenters. The Kier molecular flexibility index (Phi) is 5.13. The van der Waals surface area contributed by atoms with Crippen molar-refractivity contribution in [3.63, 3.8) is 0 Å². The summed E-state index contributed by atoms with van der Waals surface area (Å²) in [6, 6.07) is 8.13. The smallest absolute Gasteiger partial charge is 0.127 e. The van der Waals surface area contributed by atoms with E-state index in [0.717, 1.165) is 30.8 Å². The van der Waals surface area contributed by atoms with E-state index in [1.165, 1.54) is 5.56 Å². The summed E-state index contributed by atoms with van der Waals surface area (Å²) in [7, 11) is 0.670. The molecule has 0 spiro atoms. The third-order valence-electron chi connectivity index (χ3n) is 3.66. The lowest BCUT2D eigenvalue weighted by Gasteiger charge is -2.30. The number of hydrogen-bond donors (Lipinski definition) is 0. The van der Waals surface area contributed by atoms with Crippen LogP contribution in [0.3, 0.4) is 0 Å². The molecule has 2 rings (SSSR count). The summed E-state index contributed by atoms with van der Waals surface area (Å²) < 4.78 is 19.9. The summed E-state index contributed by atoms with van der Waals surface area (Å²) in [6.07, 6.45) is 2.33. The van der Waals surface area contributed by atoms with E-state index in [0.29, 0.717) is 5.92 Å². The van der Waals surface area contributed by atoms with Crippen LogP contribution in [0.2, 0.25) is 0 Å². The minimum absolute atomic E-state index is 0.215. The lowest BCUT2D eigenvalue weighted by Crippen LogP contribution is -2.40. The van der Waals surface area contributed by atoms with Crippen molar-refractivity contribution in [1.82, 2.24) is 4.31 Å². The third-order valence-corrected chi connectivity index (χ3v) is 5.13. The van der Waals surface area contributed by atoms with E-state index < -0.39 is 11.0 Å². The normalized spacial score (nSPS) is 22.6. The first-order chi connectivity index (χ1) is 9.11. The molecule has 0 bridgehead atoms. The SMILES string of the molecule is COC1CCCN(S(=O)c2ccc(C(C)C)cc2)C1. The van der Waals surface area contributed by atoms with Crippen molar-refractivity contribution in [3.05, 3.63) is 29.8 Å². The molecule has 2 atom stereocenters. The number of rotatable bonds is 4. The summed E-state index contributed by atoms with van der Waals surface area (Å²) in [6.45, 7) is 5.98. The van der Waals surface area contributed by atoms with Crippen molar-refractivity contribution in [2.45, 2.75) is 43.6 Å². The van der Waals surface area contributed by atoms with Crippen LogP contribution >= 0.6 is 0 Å². The van der Waals surface area contributed by atoms with Gasteiger partial charge >= 0.3 is 0 Å². The number of methoxy groups -OCH3 is 1. The summed E-state index contributed by atoms with van der Waals surface area (Å²) in [5, 5.41) is 0. The molecular weight excluding hydrogens is 258 g/mol. The topological polar surface area (TPSA) is 29.5 Å². The van der Waals surface area contributed by atoms with Gasteiger partial charge in [-0.25, -0.2) is 8.51 Å². The molecule has 19 heavy (non-hydrogen) atoms. The molecule has 1 fully saturated rings. The maximum absolute atomic E-state index is 12.5. The highest BCUT2D eigenvalue weighted by Crippen LogP contribution is 2.21. The van der Waals surface area contributed by atoms with Gasteiger partial charge in [0.05, 0.1) is 11.0 Å². The highest BCUT2D eigenvalue weighted by molar-refractivity contribution is 7.82. The largest absolute Gasteiger partial charge is 0.380 e. The van der Waals surface area contributed by atoms with Gasteiger partial charge in [0.1, 0.15) is 11.0 Å². The highest BCUT2D eigenvalue weighted by atomic mass is 32.2. The van der Waals surface area contributed by atoms with E-state index in [9.17, 15) is 4.21 Å². The maximum atomic E-state index is 12.5. The van der Waals surface area contributed by atoms with Gasteiger partial charge in [-0.1, -0.05) is 26.0 Å². The molecule has 1 aromatic rings. The number of hydrogen-bond acceptors (Lipinski definition) is 2. The fourth-order valence-electron chi connectivity index (χ4n) is 2.37. The standard InChI is InChI=1S/C15H23NO2S/c1-12(2)13-6-8-15(9-7-13)19(17)16-10-4-5-14(11-16)18-3/h6-9,12,14H,4-5,10-11H2,1-3H3. The lowest BCUT2D eigenvalue weighted by atomic mass is 10.0. The Labute approximate surface area is 118 Å². The van der Waals surface area contributed by atoms with Crippen molar-refractivity contribution in [1.29, 1.82) is 0 Å². The quantitative estimate of drug-likeness (QED) is 0.849. The molecule has 1 heterocycles. The molecule has 1 aliphatic rings. The van der Waals surface area contributed by atoms with Crippen molar-refractivity contribution in [3.8, 4) is 0 Å². The van der Waals surface area contributed by atoms with Crippen molar-refractivity contribution in [2.24, 2.45) is 0 Å². The molecule has 3 nitrogen and oxygen atoms in total. The summed E-state index contributed by atoms with van der Waals surface area (Å²) in [5.41, 5.74) is 1.29. The maximum Gasteiger partial charge on any atom is 0.127 e. The predicted molar refractivity (Wildman–Crippen MR) is 78.5 cm³/mol. The monoisotopic (exact) mass is 281 g/mol. The molecule has 1 aromatic carbocycles. The van der Waals surface area contributed by atoms with Crippen LogP contribution < -0.4 is 0 Å². The van der Waals surface area contributed by atoms with Gasteiger partial charge in [-0.2, -0.15) is 0 Å². The Hall–Kier alpha value is -0.710. The van der Waals surface area contributed by atoms with Crippen LogP contribution in [0.25, 0.3) is 0 Å². The third kappa shape index (κ3) is 3.65. The van der Waals surface area contributed by atoms with E-state index in [1.54, 1.807) is 7.11 Å². The lowest BCUT2D eigenvalue weighted by molar-refractivity contribution is 0.0586. The first-order valence-corrected chi connectivity index (χ1v) is 8.02. The second kappa shape index (κ2) is 6.64.